The first-order chi connectivity index (χ1) is 9.11. The SMILES string of the molecule is COc1ccc(N)cc1Oc1ncccc1C(N)=O. The highest BCUT2D eigenvalue weighted by Crippen LogP contribution is 2.33. The molecule has 4 N–H and O–H groups in total. The van der Waals surface area contributed by atoms with E-state index in [0.717, 1.165) is 0 Å². The number of pyridine rings is 1. The lowest BCUT2D eigenvalue weighted by atomic mass is 10.2. The van der Waals surface area contributed by atoms with Gasteiger partial charge in [-0.3, -0.25) is 4.79 Å². The van der Waals surface area contributed by atoms with Gasteiger partial charge in [-0.05, 0) is 24.3 Å². The van der Waals surface area contributed by atoms with Crippen LogP contribution in [0, 0.1) is 0 Å². The molecule has 19 heavy (non-hydrogen) atoms. The van der Waals surface area contributed by atoms with Crippen LogP contribution in [0.15, 0.2) is 36.5 Å². The second-order valence-electron chi connectivity index (χ2n) is 3.73. The summed E-state index contributed by atoms with van der Waals surface area (Å²) >= 11 is 0. The minimum absolute atomic E-state index is 0.110. The number of nitrogens with zero attached hydrogens (tertiary/aromatic N) is 1. The lowest BCUT2D eigenvalue weighted by molar-refractivity contribution is 0.0997. The number of aromatic nitrogens is 1. The number of benzene rings is 1. The highest BCUT2D eigenvalue weighted by atomic mass is 16.5. The van der Waals surface area contributed by atoms with Gasteiger partial charge in [0.15, 0.2) is 11.5 Å². The fourth-order valence-electron chi connectivity index (χ4n) is 1.54. The van der Waals surface area contributed by atoms with Gasteiger partial charge in [-0.2, -0.15) is 0 Å². The number of amides is 1. The Morgan fingerprint density at radius 2 is 2.05 bits per heavy atom. The van der Waals surface area contributed by atoms with Crippen molar-refractivity contribution in [2.75, 3.05) is 12.8 Å². The van der Waals surface area contributed by atoms with Crippen LogP contribution in [-0.4, -0.2) is 18.0 Å². The Bertz CT molecular complexity index is 614. The molecule has 0 aliphatic rings. The van der Waals surface area contributed by atoms with E-state index in [0.29, 0.717) is 17.2 Å². The van der Waals surface area contributed by atoms with Crippen molar-refractivity contribution in [3.05, 3.63) is 42.1 Å². The maximum Gasteiger partial charge on any atom is 0.254 e. The van der Waals surface area contributed by atoms with Crippen LogP contribution in [0.5, 0.6) is 17.4 Å². The molecular formula is C13H13N3O3. The molecule has 2 aromatic rings. The van der Waals surface area contributed by atoms with Crippen LogP contribution in [0.2, 0.25) is 0 Å². The zero-order chi connectivity index (χ0) is 13.8. The van der Waals surface area contributed by atoms with Gasteiger partial charge in [0, 0.05) is 18.0 Å². The number of carbonyl (C=O) groups excluding carboxylic acids is 1. The zero-order valence-electron chi connectivity index (χ0n) is 10.3. The van der Waals surface area contributed by atoms with Crippen molar-refractivity contribution in [2.45, 2.75) is 0 Å². The van der Waals surface area contributed by atoms with Crippen molar-refractivity contribution in [3.63, 3.8) is 0 Å². The first kappa shape index (κ1) is 12.7. The molecule has 1 amide bonds. The van der Waals surface area contributed by atoms with Gasteiger partial charge < -0.3 is 20.9 Å². The quantitative estimate of drug-likeness (QED) is 0.811. The Kier molecular flexibility index (Phi) is 3.51. The molecule has 0 fully saturated rings. The maximum absolute atomic E-state index is 11.3. The topological polar surface area (TPSA) is 100 Å². The molecule has 0 saturated heterocycles. The van der Waals surface area contributed by atoms with Crippen LogP contribution in [0.1, 0.15) is 10.4 Å². The van der Waals surface area contributed by atoms with Gasteiger partial charge in [0.05, 0.1) is 7.11 Å². The average molecular weight is 259 g/mol. The average Bonchev–Trinajstić information content (AvgIpc) is 2.39. The monoisotopic (exact) mass is 259 g/mol. The van der Waals surface area contributed by atoms with Crippen LogP contribution < -0.4 is 20.9 Å². The third kappa shape index (κ3) is 2.74. The fraction of sp³-hybridized carbons (Fsp3) is 0.0769. The van der Waals surface area contributed by atoms with E-state index in [1.165, 1.54) is 19.4 Å². The van der Waals surface area contributed by atoms with Gasteiger partial charge in [-0.1, -0.05) is 0 Å². The molecule has 0 atom stereocenters. The Balaban J connectivity index is 2.41. The predicted octanol–water partition coefficient (Wildman–Crippen LogP) is 1.56. The summed E-state index contributed by atoms with van der Waals surface area (Å²) in [6.07, 6.45) is 1.50. The number of methoxy groups -OCH3 is 1. The molecule has 0 aliphatic carbocycles. The molecule has 1 aromatic heterocycles. The highest BCUT2D eigenvalue weighted by Gasteiger charge is 2.13. The van der Waals surface area contributed by atoms with E-state index in [1.54, 1.807) is 24.3 Å². The number of nitrogen functional groups attached to an aromatic ring is 1. The van der Waals surface area contributed by atoms with E-state index in [9.17, 15) is 4.79 Å². The van der Waals surface area contributed by atoms with E-state index in [1.807, 2.05) is 0 Å². The van der Waals surface area contributed by atoms with Gasteiger partial charge in [0.1, 0.15) is 5.56 Å². The number of carbonyl (C=O) groups is 1. The molecule has 0 radical (unpaired) electrons. The normalized spacial score (nSPS) is 9.95. The standard InChI is InChI=1S/C13H13N3O3/c1-18-10-5-4-8(14)7-11(10)19-13-9(12(15)17)3-2-6-16-13/h2-7H,14H2,1H3,(H2,15,17). The van der Waals surface area contributed by atoms with Crippen LogP contribution in [0.3, 0.4) is 0 Å². The van der Waals surface area contributed by atoms with Crippen LogP contribution in [0.25, 0.3) is 0 Å². The van der Waals surface area contributed by atoms with Crippen molar-refractivity contribution in [2.24, 2.45) is 5.73 Å². The lowest BCUT2D eigenvalue weighted by Crippen LogP contribution is -2.12. The Morgan fingerprint density at radius 3 is 2.74 bits per heavy atom. The molecule has 0 saturated carbocycles. The smallest absolute Gasteiger partial charge is 0.254 e. The second kappa shape index (κ2) is 5.26. The molecule has 6 heteroatoms. The molecule has 0 aliphatic heterocycles. The first-order valence-electron chi connectivity index (χ1n) is 5.48. The molecular weight excluding hydrogens is 246 g/mol. The second-order valence-corrected chi connectivity index (χ2v) is 3.73. The number of rotatable bonds is 4. The number of anilines is 1. The van der Waals surface area contributed by atoms with E-state index >= 15 is 0 Å². The summed E-state index contributed by atoms with van der Waals surface area (Å²) in [4.78, 5) is 15.3. The molecule has 0 bridgehead atoms. The molecule has 98 valence electrons. The summed E-state index contributed by atoms with van der Waals surface area (Å²) in [6, 6.07) is 8.06. The van der Waals surface area contributed by atoms with Crippen molar-refractivity contribution in [3.8, 4) is 17.4 Å². The summed E-state index contributed by atoms with van der Waals surface area (Å²) in [6.45, 7) is 0. The molecule has 1 aromatic carbocycles. The summed E-state index contributed by atoms with van der Waals surface area (Å²) in [5, 5.41) is 0. The van der Waals surface area contributed by atoms with Crippen molar-refractivity contribution in [1.29, 1.82) is 0 Å². The van der Waals surface area contributed by atoms with E-state index in [4.69, 9.17) is 20.9 Å². The third-order valence-electron chi connectivity index (χ3n) is 2.43. The molecule has 6 nitrogen and oxygen atoms in total. The Hall–Kier alpha value is -2.76. The van der Waals surface area contributed by atoms with E-state index < -0.39 is 5.91 Å². The molecule has 1 heterocycles. The van der Waals surface area contributed by atoms with Gasteiger partial charge in [0.25, 0.3) is 5.91 Å². The van der Waals surface area contributed by atoms with E-state index in [2.05, 4.69) is 4.98 Å². The van der Waals surface area contributed by atoms with Gasteiger partial charge in [0.2, 0.25) is 5.88 Å². The van der Waals surface area contributed by atoms with Gasteiger partial charge in [-0.25, -0.2) is 4.98 Å². The van der Waals surface area contributed by atoms with Gasteiger partial charge in [-0.15, -0.1) is 0 Å². The highest BCUT2D eigenvalue weighted by molar-refractivity contribution is 5.95. The van der Waals surface area contributed by atoms with Gasteiger partial charge >= 0.3 is 0 Å². The Labute approximate surface area is 110 Å². The van der Waals surface area contributed by atoms with E-state index in [-0.39, 0.29) is 11.4 Å². The zero-order valence-corrected chi connectivity index (χ0v) is 10.3. The largest absolute Gasteiger partial charge is 0.493 e. The summed E-state index contributed by atoms with van der Waals surface area (Å²) in [5.41, 5.74) is 11.6. The third-order valence-corrected chi connectivity index (χ3v) is 2.43. The number of ether oxygens (including phenoxy) is 2. The fourth-order valence-corrected chi connectivity index (χ4v) is 1.54. The molecule has 2 rings (SSSR count). The minimum atomic E-state index is -0.619. The predicted molar refractivity (Wildman–Crippen MR) is 70.2 cm³/mol. The van der Waals surface area contributed by atoms with Crippen molar-refractivity contribution >= 4 is 11.6 Å². The number of nitrogens with two attached hydrogens (primary N) is 2. The lowest BCUT2D eigenvalue weighted by Gasteiger charge is -2.11. The molecule has 0 unspecified atom stereocenters. The van der Waals surface area contributed by atoms with Crippen LogP contribution in [0.4, 0.5) is 5.69 Å². The van der Waals surface area contributed by atoms with Crippen molar-refractivity contribution in [1.82, 2.24) is 4.98 Å². The minimum Gasteiger partial charge on any atom is -0.493 e. The van der Waals surface area contributed by atoms with Crippen LogP contribution >= 0.6 is 0 Å². The van der Waals surface area contributed by atoms with Crippen molar-refractivity contribution < 1.29 is 14.3 Å². The number of primary amides is 1. The Morgan fingerprint density at radius 1 is 1.26 bits per heavy atom. The molecule has 0 spiro atoms. The first-order valence-corrected chi connectivity index (χ1v) is 5.48. The number of hydrogen-bond acceptors (Lipinski definition) is 5. The summed E-state index contributed by atoms with van der Waals surface area (Å²) in [5.74, 6) is 0.337. The maximum atomic E-state index is 11.3. The van der Waals surface area contributed by atoms with Crippen LogP contribution in [-0.2, 0) is 0 Å². The summed E-state index contributed by atoms with van der Waals surface area (Å²) < 4.78 is 10.7. The number of hydrogen-bond donors (Lipinski definition) is 2. The summed E-state index contributed by atoms with van der Waals surface area (Å²) in [7, 11) is 1.51.